The lowest BCUT2D eigenvalue weighted by atomic mass is 10.0. The molecule has 0 saturated heterocycles. The maximum absolute atomic E-state index is 12.3. The first kappa shape index (κ1) is 18.7. The summed E-state index contributed by atoms with van der Waals surface area (Å²) in [6.45, 7) is 2.39. The molecule has 0 spiro atoms. The van der Waals surface area contributed by atoms with E-state index >= 15 is 0 Å². The van der Waals surface area contributed by atoms with E-state index in [9.17, 15) is 8.42 Å². The highest BCUT2D eigenvalue weighted by atomic mass is 32.2. The number of rotatable bonds is 7. The molecule has 0 atom stereocenters. The van der Waals surface area contributed by atoms with Crippen molar-refractivity contribution in [2.45, 2.75) is 11.8 Å². The standard InChI is InChI=1S/C21H20N2O3S/c1-2-26-20-12-14-21(15-13-20)27(24,25)23-22-16-17-8-10-19(11-9-17)18-6-4-3-5-7-18/h3-16,23H,2H2,1H3/b22-16-. The average Bonchev–Trinajstić information content (AvgIpc) is 2.70. The first-order valence-corrected chi connectivity index (χ1v) is 10.00. The van der Waals surface area contributed by atoms with Crippen LogP contribution in [0.1, 0.15) is 12.5 Å². The first-order valence-electron chi connectivity index (χ1n) is 8.52. The van der Waals surface area contributed by atoms with E-state index in [1.807, 2.05) is 61.5 Å². The number of nitrogens with zero attached hydrogens (tertiary/aromatic N) is 1. The van der Waals surface area contributed by atoms with Crippen LogP contribution in [0, 0.1) is 0 Å². The highest BCUT2D eigenvalue weighted by Gasteiger charge is 2.12. The Kier molecular flexibility index (Phi) is 5.88. The van der Waals surface area contributed by atoms with Gasteiger partial charge in [0, 0.05) is 0 Å². The molecule has 0 fully saturated rings. The SMILES string of the molecule is CCOc1ccc(S(=O)(=O)N/N=C\c2ccc(-c3ccccc3)cc2)cc1. The highest BCUT2D eigenvalue weighted by Crippen LogP contribution is 2.19. The third kappa shape index (κ3) is 4.95. The number of sulfonamides is 1. The van der Waals surface area contributed by atoms with Gasteiger partial charge in [0.15, 0.2) is 0 Å². The Morgan fingerprint density at radius 2 is 1.52 bits per heavy atom. The Labute approximate surface area is 159 Å². The van der Waals surface area contributed by atoms with Crippen LogP contribution in [0.2, 0.25) is 0 Å². The Balaban J connectivity index is 1.65. The second kappa shape index (κ2) is 8.51. The van der Waals surface area contributed by atoms with E-state index in [0.29, 0.717) is 12.4 Å². The minimum Gasteiger partial charge on any atom is -0.494 e. The lowest BCUT2D eigenvalue weighted by Crippen LogP contribution is -2.18. The molecule has 0 aliphatic carbocycles. The second-order valence-corrected chi connectivity index (χ2v) is 7.41. The summed E-state index contributed by atoms with van der Waals surface area (Å²) in [7, 11) is -3.72. The summed E-state index contributed by atoms with van der Waals surface area (Å²) < 4.78 is 29.8. The van der Waals surface area contributed by atoms with Crippen LogP contribution in [0.15, 0.2) is 88.9 Å². The zero-order chi connectivity index (χ0) is 19.1. The second-order valence-electron chi connectivity index (χ2n) is 5.75. The normalized spacial score (nSPS) is 11.4. The van der Waals surface area contributed by atoms with Crippen molar-refractivity contribution in [1.29, 1.82) is 0 Å². The van der Waals surface area contributed by atoms with Crippen molar-refractivity contribution in [3.8, 4) is 16.9 Å². The molecule has 0 saturated carbocycles. The van der Waals surface area contributed by atoms with Gasteiger partial charge in [-0.3, -0.25) is 0 Å². The minimum absolute atomic E-state index is 0.127. The van der Waals surface area contributed by atoms with E-state index in [0.717, 1.165) is 16.7 Å². The number of benzene rings is 3. The van der Waals surface area contributed by atoms with Gasteiger partial charge in [-0.05, 0) is 47.9 Å². The molecular formula is C21H20N2O3S. The summed E-state index contributed by atoms with van der Waals surface area (Å²) in [5.74, 6) is 0.624. The summed E-state index contributed by atoms with van der Waals surface area (Å²) in [5.41, 5.74) is 3.00. The molecule has 1 N–H and O–H groups in total. The zero-order valence-electron chi connectivity index (χ0n) is 14.9. The molecule has 0 heterocycles. The van der Waals surface area contributed by atoms with Crippen LogP contribution in [-0.2, 0) is 10.0 Å². The Morgan fingerprint density at radius 1 is 0.889 bits per heavy atom. The summed E-state index contributed by atoms with van der Waals surface area (Å²) in [4.78, 5) is 2.35. The van der Waals surface area contributed by atoms with E-state index in [4.69, 9.17) is 4.74 Å². The molecule has 138 valence electrons. The molecule has 0 bridgehead atoms. The lowest BCUT2D eigenvalue weighted by Gasteiger charge is -2.06. The van der Waals surface area contributed by atoms with Crippen LogP contribution in [0.5, 0.6) is 5.75 Å². The van der Waals surface area contributed by atoms with Gasteiger partial charge in [-0.25, -0.2) is 4.83 Å². The van der Waals surface area contributed by atoms with Crippen molar-refractivity contribution in [2.75, 3.05) is 6.61 Å². The van der Waals surface area contributed by atoms with E-state index in [-0.39, 0.29) is 4.90 Å². The number of nitrogens with one attached hydrogen (secondary N) is 1. The fraction of sp³-hybridized carbons (Fsp3) is 0.0952. The molecule has 0 radical (unpaired) electrons. The van der Waals surface area contributed by atoms with Crippen LogP contribution in [-0.4, -0.2) is 21.2 Å². The summed E-state index contributed by atoms with van der Waals surface area (Å²) >= 11 is 0. The van der Waals surface area contributed by atoms with E-state index < -0.39 is 10.0 Å². The van der Waals surface area contributed by atoms with Crippen LogP contribution >= 0.6 is 0 Å². The molecule has 3 aromatic rings. The van der Waals surface area contributed by atoms with Crippen LogP contribution < -0.4 is 9.57 Å². The monoisotopic (exact) mass is 380 g/mol. The quantitative estimate of drug-likeness (QED) is 0.496. The Bertz CT molecular complexity index is 998. The smallest absolute Gasteiger partial charge is 0.276 e. The number of hydrogen-bond acceptors (Lipinski definition) is 4. The predicted molar refractivity (Wildman–Crippen MR) is 107 cm³/mol. The van der Waals surface area contributed by atoms with E-state index in [1.165, 1.54) is 18.3 Å². The van der Waals surface area contributed by atoms with Gasteiger partial charge in [-0.2, -0.15) is 13.5 Å². The van der Waals surface area contributed by atoms with Crippen molar-refractivity contribution in [1.82, 2.24) is 4.83 Å². The van der Waals surface area contributed by atoms with Gasteiger partial charge >= 0.3 is 0 Å². The van der Waals surface area contributed by atoms with Gasteiger partial charge in [0.05, 0.1) is 17.7 Å². The van der Waals surface area contributed by atoms with E-state index in [2.05, 4.69) is 9.93 Å². The predicted octanol–water partition coefficient (Wildman–Crippen LogP) is 4.06. The molecular weight excluding hydrogens is 360 g/mol. The highest BCUT2D eigenvalue weighted by molar-refractivity contribution is 7.89. The zero-order valence-corrected chi connectivity index (χ0v) is 15.7. The first-order chi connectivity index (χ1) is 13.1. The molecule has 3 rings (SSSR count). The van der Waals surface area contributed by atoms with Crippen molar-refractivity contribution in [3.05, 3.63) is 84.4 Å². The average molecular weight is 380 g/mol. The van der Waals surface area contributed by atoms with Crippen molar-refractivity contribution in [3.63, 3.8) is 0 Å². The van der Waals surface area contributed by atoms with Crippen molar-refractivity contribution >= 4 is 16.2 Å². The third-order valence-electron chi connectivity index (χ3n) is 3.85. The van der Waals surface area contributed by atoms with Crippen molar-refractivity contribution < 1.29 is 13.2 Å². The molecule has 0 aliphatic heterocycles. The molecule has 0 aliphatic rings. The van der Waals surface area contributed by atoms with Crippen LogP contribution in [0.25, 0.3) is 11.1 Å². The molecule has 0 aromatic heterocycles. The number of hydrazone groups is 1. The van der Waals surface area contributed by atoms with Gasteiger partial charge in [-0.1, -0.05) is 54.6 Å². The largest absolute Gasteiger partial charge is 0.494 e. The third-order valence-corrected chi connectivity index (χ3v) is 5.09. The summed E-state index contributed by atoms with van der Waals surface area (Å²) in [5, 5.41) is 3.86. The molecule has 27 heavy (non-hydrogen) atoms. The van der Waals surface area contributed by atoms with Crippen LogP contribution in [0.3, 0.4) is 0 Å². The van der Waals surface area contributed by atoms with Crippen molar-refractivity contribution in [2.24, 2.45) is 5.10 Å². The minimum atomic E-state index is -3.72. The number of ether oxygens (including phenoxy) is 1. The molecule has 5 nitrogen and oxygen atoms in total. The molecule has 3 aromatic carbocycles. The summed E-state index contributed by atoms with van der Waals surface area (Å²) in [6.07, 6.45) is 1.47. The lowest BCUT2D eigenvalue weighted by molar-refractivity contribution is 0.340. The fourth-order valence-electron chi connectivity index (χ4n) is 2.50. The topological polar surface area (TPSA) is 67.8 Å². The van der Waals surface area contributed by atoms with Gasteiger partial charge < -0.3 is 4.74 Å². The Hall–Kier alpha value is -3.12. The summed E-state index contributed by atoms with van der Waals surface area (Å²) in [6, 6.07) is 23.9. The number of hydrogen-bond donors (Lipinski definition) is 1. The maximum Gasteiger partial charge on any atom is 0.276 e. The van der Waals surface area contributed by atoms with Gasteiger partial charge in [0.2, 0.25) is 0 Å². The fourth-order valence-corrected chi connectivity index (χ4v) is 3.29. The van der Waals surface area contributed by atoms with Crippen LogP contribution in [0.4, 0.5) is 0 Å². The van der Waals surface area contributed by atoms with Gasteiger partial charge in [0.1, 0.15) is 5.75 Å². The Morgan fingerprint density at radius 3 is 2.15 bits per heavy atom. The van der Waals surface area contributed by atoms with Gasteiger partial charge in [0.25, 0.3) is 10.0 Å². The van der Waals surface area contributed by atoms with Gasteiger partial charge in [-0.15, -0.1) is 0 Å². The molecule has 0 unspecified atom stereocenters. The molecule has 0 amide bonds. The molecule has 6 heteroatoms. The van der Waals surface area contributed by atoms with E-state index in [1.54, 1.807) is 12.1 Å². The maximum atomic E-state index is 12.3.